The van der Waals surface area contributed by atoms with E-state index in [1.807, 2.05) is 31.3 Å². The maximum absolute atomic E-state index is 9.82. The van der Waals surface area contributed by atoms with Crippen molar-refractivity contribution < 1.29 is 5.11 Å². The number of pyridine rings is 1. The Morgan fingerprint density at radius 1 is 1.50 bits per heavy atom. The lowest BCUT2D eigenvalue weighted by molar-refractivity contribution is 0.148. The van der Waals surface area contributed by atoms with Crippen molar-refractivity contribution in [3.63, 3.8) is 0 Å². The molecule has 96 valence electrons. The van der Waals surface area contributed by atoms with Crippen LogP contribution in [-0.4, -0.2) is 27.1 Å². The molecular formula is C14H19N3O. The van der Waals surface area contributed by atoms with Crippen LogP contribution < -0.4 is 5.32 Å². The first-order valence-electron chi connectivity index (χ1n) is 6.57. The van der Waals surface area contributed by atoms with Gasteiger partial charge in [0.25, 0.3) is 0 Å². The van der Waals surface area contributed by atoms with Crippen molar-refractivity contribution in [1.82, 2.24) is 14.7 Å². The molecule has 4 heteroatoms. The van der Waals surface area contributed by atoms with Crippen LogP contribution in [0.4, 0.5) is 0 Å². The molecule has 0 radical (unpaired) electrons. The quantitative estimate of drug-likeness (QED) is 0.839. The smallest absolute Gasteiger partial charge is 0.137 e. The second-order valence-corrected chi connectivity index (χ2v) is 5.11. The maximum atomic E-state index is 9.82. The monoisotopic (exact) mass is 245 g/mol. The van der Waals surface area contributed by atoms with Crippen LogP contribution in [0.3, 0.4) is 0 Å². The molecule has 2 aromatic rings. The number of aromatic nitrogens is 2. The lowest BCUT2D eigenvalue weighted by Gasteiger charge is -2.10. The molecule has 2 heterocycles. The molecule has 0 spiro atoms. The summed E-state index contributed by atoms with van der Waals surface area (Å²) >= 11 is 0. The van der Waals surface area contributed by atoms with Crippen LogP contribution in [-0.2, 0) is 6.54 Å². The normalized spacial score (nSPS) is 17.2. The van der Waals surface area contributed by atoms with Crippen LogP contribution in [0.5, 0.6) is 0 Å². The van der Waals surface area contributed by atoms with Gasteiger partial charge in [0.15, 0.2) is 0 Å². The number of aliphatic hydroxyl groups excluding tert-OH is 1. The van der Waals surface area contributed by atoms with Gasteiger partial charge in [0.05, 0.1) is 17.5 Å². The minimum absolute atomic E-state index is 0.190. The number of aryl methyl sites for hydroxylation is 1. The predicted molar refractivity (Wildman–Crippen MR) is 70.4 cm³/mol. The fourth-order valence-corrected chi connectivity index (χ4v) is 2.36. The van der Waals surface area contributed by atoms with Gasteiger partial charge in [-0.2, -0.15) is 0 Å². The number of nitrogens with one attached hydrogen (secondary N) is 1. The zero-order chi connectivity index (χ0) is 12.5. The zero-order valence-electron chi connectivity index (χ0n) is 10.6. The largest absolute Gasteiger partial charge is 0.392 e. The Kier molecular flexibility index (Phi) is 3.06. The van der Waals surface area contributed by atoms with Crippen LogP contribution in [0.15, 0.2) is 24.4 Å². The Morgan fingerprint density at radius 3 is 3.11 bits per heavy atom. The molecule has 0 amide bonds. The summed E-state index contributed by atoms with van der Waals surface area (Å²) < 4.78 is 2.10. The van der Waals surface area contributed by atoms with Gasteiger partial charge < -0.3 is 14.8 Å². The molecule has 4 nitrogen and oxygen atoms in total. The molecule has 3 rings (SSSR count). The van der Waals surface area contributed by atoms with Gasteiger partial charge in [-0.15, -0.1) is 0 Å². The molecule has 18 heavy (non-hydrogen) atoms. The van der Waals surface area contributed by atoms with Gasteiger partial charge in [-0.05, 0) is 37.8 Å². The first-order valence-corrected chi connectivity index (χ1v) is 6.57. The summed E-state index contributed by atoms with van der Waals surface area (Å²) in [5.41, 5.74) is 3.21. The SMILES string of the molecule is Cc1nc2ccccn2c1CNCC(O)C1CC1. The molecule has 0 bridgehead atoms. The van der Waals surface area contributed by atoms with E-state index in [1.165, 1.54) is 18.5 Å². The van der Waals surface area contributed by atoms with Crippen molar-refractivity contribution in [2.45, 2.75) is 32.4 Å². The van der Waals surface area contributed by atoms with Gasteiger partial charge in [-0.3, -0.25) is 0 Å². The van der Waals surface area contributed by atoms with E-state index < -0.39 is 0 Å². The third-order valence-electron chi connectivity index (χ3n) is 3.64. The highest BCUT2D eigenvalue weighted by atomic mass is 16.3. The van der Waals surface area contributed by atoms with E-state index in [0.717, 1.165) is 17.9 Å². The first kappa shape index (κ1) is 11.7. The highest BCUT2D eigenvalue weighted by Crippen LogP contribution is 2.32. The third kappa shape index (κ3) is 2.26. The molecular weight excluding hydrogens is 226 g/mol. The highest BCUT2D eigenvalue weighted by molar-refractivity contribution is 5.42. The van der Waals surface area contributed by atoms with Gasteiger partial charge in [0.1, 0.15) is 5.65 Å². The average Bonchev–Trinajstić information content (AvgIpc) is 3.15. The summed E-state index contributed by atoms with van der Waals surface area (Å²) in [7, 11) is 0. The summed E-state index contributed by atoms with van der Waals surface area (Å²) in [5.74, 6) is 0.529. The number of hydrogen-bond acceptors (Lipinski definition) is 3. The van der Waals surface area contributed by atoms with E-state index in [1.54, 1.807) is 0 Å². The van der Waals surface area contributed by atoms with E-state index >= 15 is 0 Å². The minimum atomic E-state index is -0.190. The Morgan fingerprint density at radius 2 is 2.33 bits per heavy atom. The third-order valence-corrected chi connectivity index (χ3v) is 3.64. The molecule has 1 unspecified atom stereocenters. The summed E-state index contributed by atoms with van der Waals surface area (Å²) in [6, 6.07) is 6.02. The number of rotatable bonds is 5. The zero-order valence-corrected chi connectivity index (χ0v) is 10.6. The second-order valence-electron chi connectivity index (χ2n) is 5.11. The summed E-state index contributed by atoms with van der Waals surface area (Å²) in [6.45, 7) is 3.45. The van der Waals surface area contributed by atoms with E-state index in [9.17, 15) is 5.11 Å². The van der Waals surface area contributed by atoms with Gasteiger partial charge in [-0.1, -0.05) is 6.07 Å². The molecule has 1 fully saturated rings. The highest BCUT2D eigenvalue weighted by Gasteiger charge is 2.29. The molecule has 2 aromatic heterocycles. The molecule has 1 aliphatic carbocycles. The number of nitrogens with zero attached hydrogens (tertiary/aromatic N) is 2. The molecule has 1 saturated carbocycles. The molecule has 1 atom stereocenters. The van der Waals surface area contributed by atoms with Crippen molar-refractivity contribution in [3.8, 4) is 0 Å². The van der Waals surface area contributed by atoms with Gasteiger partial charge in [-0.25, -0.2) is 4.98 Å². The van der Waals surface area contributed by atoms with Crippen molar-refractivity contribution >= 4 is 5.65 Å². The van der Waals surface area contributed by atoms with Crippen LogP contribution in [0.2, 0.25) is 0 Å². The van der Waals surface area contributed by atoms with Gasteiger partial charge in [0, 0.05) is 19.3 Å². The lowest BCUT2D eigenvalue weighted by Crippen LogP contribution is -2.28. The van der Waals surface area contributed by atoms with E-state index in [4.69, 9.17) is 0 Å². The number of imidazole rings is 1. The standard InChI is InChI=1S/C14H19N3O/c1-10-12(8-15-9-13(18)11-5-6-11)17-7-3-2-4-14(17)16-10/h2-4,7,11,13,15,18H,5-6,8-9H2,1H3. The predicted octanol–water partition coefficient (Wildman–Crippen LogP) is 1.50. The number of hydrogen-bond donors (Lipinski definition) is 2. The van der Waals surface area contributed by atoms with Crippen molar-refractivity contribution in [2.75, 3.05) is 6.54 Å². The Labute approximate surface area is 107 Å². The van der Waals surface area contributed by atoms with Crippen molar-refractivity contribution in [2.24, 2.45) is 5.92 Å². The van der Waals surface area contributed by atoms with E-state index in [2.05, 4.69) is 14.7 Å². The number of aliphatic hydroxyl groups is 1. The van der Waals surface area contributed by atoms with Crippen LogP contribution in [0, 0.1) is 12.8 Å². The van der Waals surface area contributed by atoms with E-state index in [-0.39, 0.29) is 6.10 Å². The van der Waals surface area contributed by atoms with Gasteiger partial charge in [0.2, 0.25) is 0 Å². The minimum Gasteiger partial charge on any atom is -0.392 e. The van der Waals surface area contributed by atoms with Crippen LogP contribution >= 0.6 is 0 Å². The molecule has 0 aromatic carbocycles. The molecule has 0 saturated heterocycles. The lowest BCUT2D eigenvalue weighted by atomic mass is 10.2. The second kappa shape index (κ2) is 4.71. The fraction of sp³-hybridized carbons (Fsp3) is 0.500. The van der Waals surface area contributed by atoms with Gasteiger partial charge >= 0.3 is 0 Å². The first-order chi connectivity index (χ1) is 8.75. The summed E-state index contributed by atoms with van der Waals surface area (Å²) in [5, 5.41) is 13.1. The van der Waals surface area contributed by atoms with Crippen molar-refractivity contribution in [3.05, 3.63) is 35.8 Å². The summed E-state index contributed by atoms with van der Waals surface area (Å²) in [4.78, 5) is 4.52. The topological polar surface area (TPSA) is 49.6 Å². The Balaban J connectivity index is 1.68. The number of fused-ring (bicyclic) bond motifs is 1. The fourth-order valence-electron chi connectivity index (χ4n) is 2.36. The summed E-state index contributed by atoms with van der Waals surface area (Å²) in [6.07, 6.45) is 4.20. The Hall–Kier alpha value is -1.39. The van der Waals surface area contributed by atoms with Crippen LogP contribution in [0.1, 0.15) is 24.2 Å². The van der Waals surface area contributed by atoms with Crippen molar-refractivity contribution in [1.29, 1.82) is 0 Å². The Bertz CT molecular complexity index is 545. The maximum Gasteiger partial charge on any atom is 0.137 e. The average molecular weight is 245 g/mol. The molecule has 0 aliphatic heterocycles. The molecule has 1 aliphatic rings. The van der Waals surface area contributed by atoms with Crippen LogP contribution in [0.25, 0.3) is 5.65 Å². The molecule has 2 N–H and O–H groups in total. The van der Waals surface area contributed by atoms with E-state index in [0.29, 0.717) is 12.5 Å².